The van der Waals surface area contributed by atoms with E-state index in [1.165, 1.54) is 154 Å². The van der Waals surface area contributed by atoms with Gasteiger partial charge in [0.2, 0.25) is 0 Å². The molecule has 0 fully saturated rings. The third-order valence-corrected chi connectivity index (χ3v) is 17.1. The van der Waals surface area contributed by atoms with Crippen molar-refractivity contribution in [3.8, 4) is 0 Å². The molecule has 0 aromatic carbocycles. The first kappa shape index (κ1) is 45.3. The predicted molar refractivity (Wildman–Crippen MR) is 198 cm³/mol. The topological polar surface area (TPSA) is 52.6 Å². The minimum atomic E-state index is -1.61. The number of unbranched alkanes of at least 4 members (excludes halogenated alkanes) is 26. The van der Waals surface area contributed by atoms with Crippen LogP contribution in [0.4, 0.5) is 0 Å². The Morgan fingerprint density at radius 1 is 0.422 bits per heavy atom. The van der Waals surface area contributed by atoms with Crippen molar-refractivity contribution in [3.63, 3.8) is 0 Å². The third-order valence-electron chi connectivity index (χ3n) is 9.16. The zero-order valence-corrected chi connectivity index (χ0v) is 34.8. The van der Waals surface area contributed by atoms with E-state index < -0.39 is 17.1 Å². The number of rotatable bonds is 36. The van der Waals surface area contributed by atoms with Crippen LogP contribution in [0.2, 0.25) is 9.02 Å². The first-order valence-corrected chi connectivity index (χ1v) is 24.3. The molecular weight excluding hydrogens is 650 g/mol. The fraction of sp³-hybridized carbons (Fsp3) is 0.947. The standard InChI is InChI=1S/2C19H37O2S.Zn/c2*1-2-3-4-5-6-7-8-9-10-11-12-13-14-15-17-21-19(20)16-18-22;/h2*16,22H,2-15,17-18H2,1H3;. The molecule has 264 valence electrons. The fourth-order valence-electron chi connectivity index (χ4n) is 6.01. The molecule has 0 spiro atoms. The van der Waals surface area contributed by atoms with Crippen molar-refractivity contribution in [2.24, 2.45) is 0 Å². The van der Waals surface area contributed by atoms with Gasteiger partial charge in [0.05, 0.1) is 0 Å². The summed E-state index contributed by atoms with van der Waals surface area (Å²) < 4.78 is 10.8. The van der Waals surface area contributed by atoms with E-state index in [0.717, 1.165) is 25.7 Å². The molecule has 0 saturated carbocycles. The molecule has 0 aromatic heterocycles. The minimum Gasteiger partial charge on any atom is -0.0654 e. The van der Waals surface area contributed by atoms with E-state index in [2.05, 4.69) is 39.1 Å². The number of carbonyl (C=O) groups excluding carboxylic acids is 2. The van der Waals surface area contributed by atoms with Crippen LogP contribution in [-0.2, 0) is 36.2 Å². The second-order valence-corrected chi connectivity index (χ2v) is 19.4. The Bertz CT molecular complexity index is 585. The Kier molecular flexibility index (Phi) is 37.3. The zero-order chi connectivity index (χ0) is 33.1. The van der Waals surface area contributed by atoms with E-state index in [1.807, 2.05) is 0 Å². The van der Waals surface area contributed by atoms with E-state index in [1.54, 1.807) is 0 Å². The second-order valence-electron chi connectivity index (χ2n) is 13.5. The monoisotopic (exact) mass is 722 g/mol. The average molecular weight is 725 g/mol. The van der Waals surface area contributed by atoms with Gasteiger partial charge in [0.15, 0.2) is 0 Å². The summed E-state index contributed by atoms with van der Waals surface area (Å²) in [6, 6.07) is 0. The van der Waals surface area contributed by atoms with Crippen LogP contribution >= 0.6 is 25.3 Å². The van der Waals surface area contributed by atoms with Crippen molar-refractivity contribution < 1.29 is 36.2 Å². The van der Waals surface area contributed by atoms with Crippen LogP contribution in [0, 0.1) is 0 Å². The van der Waals surface area contributed by atoms with Crippen molar-refractivity contribution >= 4 is 37.2 Å². The molecule has 0 aliphatic rings. The normalized spacial score (nSPS) is 12.5. The van der Waals surface area contributed by atoms with Crippen LogP contribution in [0.25, 0.3) is 0 Å². The van der Waals surface area contributed by atoms with Gasteiger partial charge >= 0.3 is 210 Å². The molecule has 2 atom stereocenters. The third kappa shape index (κ3) is 31.3. The quantitative estimate of drug-likeness (QED) is 0.0292. The molecular formula is C38H74O4S2Zn. The first-order chi connectivity index (χ1) is 22.1. The molecule has 0 N–H and O–H groups in total. The molecule has 7 heteroatoms. The maximum absolute atomic E-state index is 12.7. The molecule has 0 aliphatic carbocycles. The molecule has 0 heterocycles. The van der Waals surface area contributed by atoms with Crippen LogP contribution in [0.15, 0.2) is 0 Å². The summed E-state index contributed by atoms with van der Waals surface area (Å²) in [6.07, 6.45) is 36.7. The Balaban J connectivity index is 3.75. The van der Waals surface area contributed by atoms with Gasteiger partial charge in [0.25, 0.3) is 0 Å². The molecule has 0 radical (unpaired) electrons. The van der Waals surface area contributed by atoms with Crippen LogP contribution in [0.5, 0.6) is 0 Å². The van der Waals surface area contributed by atoms with Gasteiger partial charge < -0.3 is 0 Å². The van der Waals surface area contributed by atoms with Gasteiger partial charge in [-0.2, -0.15) is 0 Å². The van der Waals surface area contributed by atoms with E-state index in [-0.39, 0.29) is 21.0 Å². The van der Waals surface area contributed by atoms with Gasteiger partial charge in [0.1, 0.15) is 0 Å². The van der Waals surface area contributed by atoms with Crippen molar-refractivity contribution in [1.29, 1.82) is 0 Å². The van der Waals surface area contributed by atoms with Crippen LogP contribution in [-0.4, -0.2) is 36.7 Å². The minimum absolute atomic E-state index is 0.161. The van der Waals surface area contributed by atoms with Gasteiger partial charge in [-0.05, 0) is 0 Å². The number of carbonyl (C=O) groups is 2. The number of hydrogen-bond acceptors (Lipinski definition) is 6. The molecule has 0 aromatic rings. The van der Waals surface area contributed by atoms with Crippen molar-refractivity contribution in [3.05, 3.63) is 0 Å². The van der Waals surface area contributed by atoms with Gasteiger partial charge in [-0.15, -0.1) is 0 Å². The van der Waals surface area contributed by atoms with Gasteiger partial charge in [0, 0.05) is 0 Å². The van der Waals surface area contributed by atoms with E-state index in [9.17, 15) is 9.59 Å². The summed E-state index contributed by atoms with van der Waals surface area (Å²) in [7, 11) is 0. The Morgan fingerprint density at radius 2 is 0.644 bits per heavy atom. The molecule has 0 saturated heterocycles. The second kappa shape index (κ2) is 37.1. The Labute approximate surface area is 299 Å². The number of ether oxygens (including phenoxy) is 2. The van der Waals surface area contributed by atoms with Gasteiger partial charge in [-0.3, -0.25) is 0 Å². The summed E-state index contributed by atoms with van der Waals surface area (Å²) in [5.74, 6) is 0.583. The van der Waals surface area contributed by atoms with Crippen molar-refractivity contribution in [2.45, 2.75) is 203 Å². The molecule has 0 amide bonds. The molecule has 2 unspecified atom stereocenters. The SMILES string of the molecule is CCCCCCCCCCCCCCCCOC(=O)[CH](CS)[Zn][CH](CS)C(=O)OCCCCCCCCCCCCCCCC. The summed E-state index contributed by atoms with van der Waals surface area (Å²) in [5.41, 5.74) is 0. The molecule has 4 nitrogen and oxygen atoms in total. The maximum atomic E-state index is 12.7. The zero-order valence-electron chi connectivity index (χ0n) is 30.0. The van der Waals surface area contributed by atoms with Crippen molar-refractivity contribution in [1.82, 2.24) is 0 Å². The van der Waals surface area contributed by atoms with Gasteiger partial charge in [-0.25, -0.2) is 0 Å². The van der Waals surface area contributed by atoms with E-state index >= 15 is 0 Å². The Morgan fingerprint density at radius 3 is 0.867 bits per heavy atom. The summed E-state index contributed by atoms with van der Waals surface area (Å²) in [5, 5.41) is 0. The number of hydrogen-bond donors (Lipinski definition) is 2. The summed E-state index contributed by atoms with van der Waals surface area (Å²) in [4.78, 5) is 25.4. The Hall–Kier alpha value is 0.263. The summed E-state index contributed by atoms with van der Waals surface area (Å²) in [6.45, 7) is 5.52. The van der Waals surface area contributed by atoms with E-state index in [0.29, 0.717) is 24.7 Å². The number of thiol groups is 2. The van der Waals surface area contributed by atoms with Crippen molar-refractivity contribution in [2.75, 3.05) is 24.7 Å². The van der Waals surface area contributed by atoms with Gasteiger partial charge in [-0.1, -0.05) is 90.9 Å². The smallest absolute Gasteiger partial charge is 0.0654 e. The first-order valence-electron chi connectivity index (χ1n) is 19.7. The number of esters is 2. The van der Waals surface area contributed by atoms with Crippen LogP contribution in [0.3, 0.4) is 0 Å². The van der Waals surface area contributed by atoms with Crippen LogP contribution < -0.4 is 0 Å². The van der Waals surface area contributed by atoms with E-state index in [4.69, 9.17) is 9.47 Å². The molecule has 0 rings (SSSR count). The predicted octanol–water partition coefficient (Wildman–Crippen LogP) is 12.6. The molecule has 0 aliphatic heterocycles. The summed E-state index contributed by atoms with van der Waals surface area (Å²) >= 11 is 7.24. The fourth-order valence-corrected chi connectivity index (χ4v) is 11.2. The molecule has 45 heavy (non-hydrogen) atoms. The average Bonchev–Trinajstić information content (AvgIpc) is 3.05. The van der Waals surface area contributed by atoms with Crippen LogP contribution in [0.1, 0.15) is 194 Å². The molecule has 0 bridgehead atoms.